The Balaban J connectivity index is 1.67. The number of imidazole rings is 1. The van der Waals surface area contributed by atoms with Crippen LogP contribution < -0.4 is 5.32 Å². The van der Waals surface area contributed by atoms with Crippen molar-refractivity contribution < 1.29 is 27.5 Å². The molecule has 2 aromatic carbocycles. The lowest BCUT2D eigenvalue weighted by atomic mass is 10.1. The molecule has 0 atom stereocenters. The summed E-state index contributed by atoms with van der Waals surface area (Å²) in [5.41, 5.74) is 0.485. The number of nitrogens with one attached hydrogen (secondary N) is 3. The Bertz CT molecular complexity index is 1330. The van der Waals surface area contributed by atoms with Gasteiger partial charge in [-0.1, -0.05) is 18.2 Å². The Morgan fingerprint density at radius 3 is 2.44 bits per heavy atom. The van der Waals surface area contributed by atoms with Gasteiger partial charge in [0.1, 0.15) is 23.0 Å². The van der Waals surface area contributed by atoms with Crippen LogP contribution in [-0.2, 0) is 11.2 Å². The molecule has 0 saturated heterocycles. The van der Waals surface area contributed by atoms with E-state index in [0.717, 1.165) is 18.2 Å². The molecular weight excluding hydrogens is 451 g/mol. The number of esters is 1. The second-order valence-electron chi connectivity index (χ2n) is 7.13. The number of carbonyl (C=O) groups excluding carboxylic acids is 2. The Hall–Kier alpha value is -4.41. The number of rotatable bonds is 7. The topological polar surface area (TPSA) is 113 Å². The van der Waals surface area contributed by atoms with Crippen LogP contribution in [0.15, 0.2) is 48.7 Å². The van der Waals surface area contributed by atoms with Gasteiger partial charge in [0.15, 0.2) is 17.2 Å². The smallest absolute Gasteiger partial charge is 0.358 e. The number of hydrogen-bond donors (Lipinski definition) is 3. The van der Waals surface area contributed by atoms with Crippen molar-refractivity contribution in [1.82, 2.24) is 20.2 Å². The normalized spacial score (nSPS) is 10.8. The molecule has 0 unspecified atom stereocenters. The number of halogens is 3. The number of aromatic amines is 2. The molecule has 8 nitrogen and oxygen atoms in total. The van der Waals surface area contributed by atoms with Gasteiger partial charge in [-0.25, -0.2) is 22.9 Å². The number of anilines is 1. The van der Waals surface area contributed by atoms with Crippen LogP contribution >= 0.6 is 0 Å². The van der Waals surface area contributed by atoms with Crippen LogP contribution in [-0.4, -0.2) is 38.6 Å². The number of ether oxygens (including phenoxy) is 1. The van der Waals surface area contributed by atoms with Gasteiger partial charge in [-0.2, -0.15) is 5.10 Å². The van der Waals surface area contributed by atoms with Gasteiger partial charge in [0, 0.05) is 12.6 Å². The van der Waals surface area contributed by atoms with E-state index in [-0.39, 0.29) is 35.9 Å². The minimum absolute atomic E-state index is 0.0124. The molecule has 4 aromatic rings. The fraction of sp³-hybridized carbons (Fsp3) is 0.130. The van der Waals surface area contributed by atoms with Gasteiger partial charge in [-0.15, -0.1) is 0 Å². The first-order chi connectivity index (χ1) is 16.4. The summed E-state index contributed by atoms with van der Waals surface area (Å²) in [5.74, 6) is -4.05. The van der Waals surface area contributed by atoms with Gasteiger partial charge in [0.2, 0.25) is 0 Å². The standard InChI is InChI=1S/C23H18F3N5O3/c1-2-34-23(33)20-16(10-12-6-8-13(24)9-7-12)28-21(30-20)19-17(11-27-31-19)29-22(32)18-14(25)4-3-5-15(18)26/h3-9,11H,2,10H2,1H3,(H,27,31)(H,28,30)(H,29,32). The van der Waals surface area contributed by atoms with E-state index in [1.165, 1.54) is 18.3 Å². The third-order valence-corrected chi connectivity index (χ3v) is 4.84. The van der Waals surface area contributed by atoms with Gasteiger partial charge in [0.25, 0.3) is 5.91 Å². The first kappa shape index (κ1) is 22.8. The van der Waals surface area contributed by atoms with Crippen molar-refractivity contribution in [2.45, 2.75) is 13.3 Å². The van der Waals surface area contributed by atoms with E-state index in [1.54, 1.807) is 19.1 Å². The second kappa shape index (κ2) is 9.61. The van der Waals surface area contributed by atoms with Gasteiger partial charge in [-0.3, -0.25) is 9.89 Å². The van der Waals surface area contributed by atoms with Crippen LogP contribution in [0.3, 0.4) is 0 Å². The van der Waals surface area contributed by atoms with E-state index in [0.29, 0.717) is 11.3 Å². The van der Waals surface area contributed by atoms with Crippen molar-refractivity contribution in [2.75, 3.05) is 11.9 Å². The minimum atomic E-state index is -1.03. The van der Waals surface area contributed by atoms with Crippen LogP contribution in [0.2, 0.25) is 0 Å². The summed E-state index contributed by atoms with van der Waals surface area (Å²) in [6.45, 7) is 1.77. The molecule has 0 fully saturated rings. The van der Waals surface area contributed by atoms with Crippen molar-refractivity contribution in [1.29, 1.82) is 0 Å². The number of amides is 1. The maximum Gasteiger partial charge on any atom is 0.358 e. The molecule has 1 amide bonds. The average molecular weight is 469 g/mol. The fourth-order valence-electron chi connectivity index (χ4n) is 3.29. The molecule has 34 heavy (non-hydrogen) atoms. The zero-order chi connectivity index (χ0) is 24.2. The van der Waals surface area contributed by atoms with Crippen molar-refractivity contribution in [3.63, 3.8) is 0 Å². The van der Waals surface area contributed by atoms with Gasteiger partial charge in [0.05, 0.1) is 18.0 Å². The van der Waals surface area contributed by atoms with Crippen molar-refractivity contribution >= 4 is 17.6 Å². The number of aromatic nitrogens is 4. The lowest BCUT2D eigenvalue weighted by Crippen LogP contribution is -2.16. The molecule has 0 aliphatic heterocycles. The summed E-state index contributed by atoms with van der Waals surface area (Å²) in [4.78, 5) is 32.2. The van der Waals surface area contributed by atoms with Gasteiger partial charge < -0.3 is 15.0 Å². The summed E-state index contributed by atoms with van der Waals surface area (Å²) in [5, 5.41) is 8.98. The number of carbonyl (C=O) groups is 2. The van der Waals surface area contributed by atoms with Crippen LogP contribution in [0.5, 0.6) is 0 Å². The van der Waals surface area contributed by atoms with Gasteiger partial charge in [-0.05, 0) is 36.8 Å². The molecule has 2 aromatic heterocycles. The first-order valence-electron chi connectivity index (χ1n) is 10.2. The van der Waals surface area contributed by atoms with Crippen LogP contribution in [0.1, 0.15) is 39.0 Å². The molecule has 0 bridgehead atoms. The molecule has 2 heterocycles. The quantitative estimate of drug-likeness (QED) is 0.351. The maximum absolute atomic E-state index is 14.0. The van der Waals surface area contributed by atoms with Crippen molar-refractivity contribution in [3.8, 4) is 11.5 Å². The zero-order valence-electron chi connectivity index (χ0n) is 17.8. The third-order valence-electron chi connectivity index (χ3n) is 4.84. The summed E-state index contributed by atoms with van der Waals surface area (Å²) >= 11 is 0. The SMILES string of the molecule is CCOC(=O)c1nc(-c2n[nH]cc2NC(=O)c2c(F)cccc2F)[nH]c1Cc1ccc(F)cc1. The summed E-state index contributed by atoms with van der Waals surface area (Å²) in [6.07, 6.45) is 1.51. The Labute approximate surface area is 191 Å². The summed E-state index contributed by atoms with van der Waals surface area (Å²) < 4.78 is 46.3. The predicted molar refractivity (Wildman–Crippen MR) is 116 cm³/mol. The molecule has 3 N–H and O–H groups in total. The van der Waals surface area contributed by atoms with Gasteiger partial charge >= 0.3 is 5.97 Å². The first-order valence-corrected chi connectivity index (χ1v) is 10.2. The molecule has 0 saturated carbocycles. The average Bonchev–Trinajstić information content (AvgIpc) is 3.42. The minimum Gasteiger partial charge on any atom is -0.461 e. The molecular formula is C23H18F3N5O3. The third kappa shape index (κ3) is 4.68. The largest absolute Gasteiger partial charge is 0.461 e. The number of H-pyrrole nitrogens is 2. The predicted octanol–water partition coefficient (Wildman–Crippen LogP) is 4.24. The van der Waals surface area contributed by atoms with Crippen LogP contribution in [0.4, 0.5) is 18.9 Å². The fourth-order valence-corrected chi connectivity index (χ4v) is 3.29. The van der Waals surface area contributed by atoms with E-state index in [4.69, 9.17) is 4.74 Å². The highest BCUT2D eigenvalue weighted by atomic mass is 19.1. The van der Waals surface area contributed by atoms with Crippen molar-refractivity contribution in [3.05, 3.63) is 88.6 Å². The highest BCUT2D eigenvalue weighted by Crippen LogP contribution is 2.27. The molecule has 11 heteroatoms. The number of nitrogens with zero attached hydrogens (tertiary/aromatic N) is 2. The zero-order valence-corrected chi connectivity index (χ0v) is 17.8. The van der Waals surface area contributed by atoms with E-state index in [2.05, 4.69) is 25.5 Å². The summed E-state index contributed by atoms with van der Waals surface area (Å²) in [6, 6.07) is 8.79. The van der Waals surface area contributed by atoms with Crippen LogP contribution in [0.25, 0.3) is 11.5 Å². The molecule has 174 valence electrons. The maximum atomic E-state index is 14.0. The number of hydrogen-bond acceptors (Lipinski definition) is 5. The molecule has 0 aliphatic carbocycles. The molecule has 0 spiro atoms. The van der Waals surface area contributed by atoms with E-state index < -0.39 is 34.9 Å². The Kier molecular flexibility index (Phi) is 6.44. The number of benzene rings is 2. The molecule has 4 rings (SSSR count). The van der Waals surface area contributed by atoms with E-state index in [9.17, 15) is 22.8 Å². The van der Waals surface area contributed by atoms with E-state index in [1.807, 2.05) is 0 Å². The highest BCUT2D eigenvalue weighted by molar-refractivity contribution is 6.06. The lowest BCUT2D eigenvalue weighted by molar-refractivity contribution is 0.0519. The lowest BCUT2D eigenvalue weighted by Gasteiger charge is -2.06. The molecule has 0 aliphatic rings. The van der Waals surface area contributed by atoms with Crippen LogP contribution in [0, 0.1) is 17.5 Å². The molecule has 0 radical (unpaired) electrons. The highest BCUT2D eigenvalue weighted by Gasteiger charge is 2.24. The Morgan fingerprint density at radius 2 is 1.76 bits per heavy atom. The summed E-state index contributed by atoms with van der Waals surface area (Å²) in [7, 11) is 0. The monoisotopic (exact) mass is 469 g/mol. The van der Waals surface area contributed by atoms with E-state index >= 15 is 0 Å². The van der Waals surface area contributed by atoms with Crippen molar-refractivity contribution in [2.24, 2.45) is 0 Å². The second-order valence-corrected chi connectivity index (χ2v) is 7.13. The Morgan fingerprint density at radius 1 is 1.06 bits per heavy atom.